The number of rotatable bonds is 0. The summed E-state index contributed by atoms with van der Waals surface area (Å²) >= 11 is 0. The van der Waals surface area contributed by atoms with Crippen LogP contribution in [-0.4, -0.2) is 35.0 Å². The van der Waals surface area contributed by atoms with Crippen LogP contribution in [0.3, 0.4) is 0 Å². The molecule has 82 valence electrons. The first-order chi connectivity index (χ1) is 4.00. The van der Waals surface area contributed by atoms with Crippen molar-refractivity contribution in [2.45, 2.75) is 0 Å². The third-order valence-corrected chi connectivity index (χ3v) is 0. The Morgan fingerprint density at radius 1 is 0.846 bits per heavy atom. The molecule has 0 aromatic heterocycles. The summed E-state index contributed by atoms with van der Waals surface area (Å²) in [5.41, 5.74) is 0. The van der Waals surface area contributed by atoms with Crippen LogP contribution in [0.25, 0.3) is 0 Å². The molecule has 11 nitrogen and oxygen atoms in total. The molecule has 0 spiro atoms. The highest BCUT2D eigenvalue weighted by molar-refractivity contribution is 7.80. The first kappa shape index (κ1) is 29.4. The summed E-state index contributed by atoms with van der Waals surface area (Å²) < 4.78 is 66.9. The molecule has 0 unspecified atom stereocenters. The van der Waals surface area contributed by atoms with Crippen molar-refractivity contribution in [3.8, 4) is 0 Å². The SMILES string of the molecule is N.N.O=S(=O)([O-])O.O=S(=O)([O-])[O-].[N+3]. The first-order valence-electron chi connectivity index (χ1n) is 1.35. The minimum Gasteiger partial charge on any atom is -0.759 e. The molecule has 0 atom stereocenters. The molecule has 0 amide bonds. The van der Waals surface area contributed by atoms with Gasteiger partial charge in [0.2, 0.25) is 10.4 Å². The van der Waals surface area contributed by atoms with E-state index in [0.717, 1.165) is 0 Å². The Morgan fingerprint density at radius 3 is 0.846 bits per heavy atom. The zero-order valence-electron chi connectivity index (χ0n) is 5.98. The van der Waals surface area contributed by atoms with E-state index in [1.807, 2.05) is 0 Å². The largest absolute Gasteiger partial charge is 3.00 e. The molecular formula is H7N3O8S2. The highest BCUT2D eigenvalue weighted by Crippen LogP contribution is 1.58. The van der Waals surface area contributed by atoms with Gasteiger partial charge in [0.15, 0.2) is 0 Å². The average molecular weight is 241 g/mol. The highest BCUT2D eigenvalue weighted by atomic mass is 32.3. The van der Waals surface area contributed by atoms with Crippen LogP contribution in [0.5, 0.6) is 0 Å². The van der Waals surface area contributed by atoms with Crippen LogP contribution in [0.2, 0.25) is 0 Å². The molecule has 0 saturated carbocycles. The van der Waals surface area contributed by atoms with Crippen molar-refractivity contribution in [3.05, 3.63) is 0 Å². The molecule has 13 heavy (non-hydrogen) atoms. The molecule has 13 heteroatoms. The lowest BCUT2D eigenvalue weighted by Crippen LogP contribution is -1.91. The monoisotopic (exact) mass is 241 g/mol. The van der Waals surface area contributed by atoms with Gasteiger partial charge in [0.05, 0.1) is 0 Å². The van der Waals surface area contributed by atoms with Crippen LogP contribution >= 0.6 is 0 Å². The summed E-state index contributed by atoms with van der Waals surface area (Å²) in [4.78, 5) is 0. The van der Waals surface area contributed by atoms with E-state index in [4.69, 9.17) is 35.0 Å². The van der Waals surface area contributed by atoms with Crippen LogP contribution in [0.1, 0.15) is 0 Å². The van der Waals surface area contributed by atoms with Crippen molar-refractivity contribution in [3.63, 3.8) is 0 Å². The van der Waals surface area contributed by atoms with E-state index < -0.39 is 20.8 Å². The van der Waals surface area contributed by atoms with Crippen molar-refractivity contribution < 1.29 is 35.0 Å². The van der Waals surface area contributed by atoms with Gasteiger partial charge in [-0.05, 0) is 0 Å². The lowest BCUT2D eigenvalue weighted by Gasteiger charge is -2.06. The van der Waals surface area contributed by atoms with Gasteiger partial charge in [-0.15, -0.1) is 0 Å². The fourth-order valence-electron chi connectivity index (χ4n) is 0. The van der Waals surface area contributed by atoms with Gasteiger partial charge in [-0.2, -0.15) is 0 Å². The summed E-state index contributed by atoms with van der Waals surface area (Å²) in [6, 6.07) is 0. The molecule has 0 heterocycles. The summed E-state index contributed by atoms with van der Waals surface area (Å²) in [6.45, 7) is 0. The Balaban J connectivity index is -0.0000000267. The van der Waals surface area contributed by atoms with E-state index in [1.165, 1.54) is 0 Å². The molecule has 0 rings (SSSR count). The third-order valence-electron chi connectivity index (χ3n) is 0. The van der Waals surface area contributed by atoms with E-state index >= 15 is 0 Å². The Bertz CT molecular complexity index is 214. The predicted octanol–water partition coefficient (Wildman–Crippen LogP) is -2.49. The van der Waals surface area contributed by atoms with Gasteiger partial charge in [0, 0.05) is 10.4 Å². The summed E-state index contributed by atoms with van der Waals surface area (Å²) in [6.07, 6.45) is 0. The maximum Gasteiger partial charge on any atom is 3.00 e. The second kappa shape index (κ2) is 9.46. The van der Waals surface area contributed by atoms with Crippen molar-refractivity contribution in [1.29, 1.82) is 0 Å². The number of nitrogens with zero attached hydrogens (tertiary/aromatic N) is 1. The molecule has 0 bridgehead atoms. The minimum absolute atomic E-state index is 0. The van der Waals surface area contributed by atoms with Crippen LogP contribution in [-0.2, 0) is 20.8 Å². The molecule has 0 saturated heterocycles. The summed E-state index contributed by atoms with van der Waals surface area (Å²) in [5, 5.41) is 0. The lowest BCUT2D eigenvalue weighted by molar-refractivity contribution is 0.352. The molecule has 0 aromatic carbocycles. The van der Waals surface area contributed by atoms with E-state index in [1.54, 1.807) is 0 Å². The highest BCUT2D eigenvalue weighted by Gasteiger charge is 3.00. The van der Waals surface area contributed by atoms with E-state index in [-0.39, 0.29) is 18.5 Å². The molecule has 7 N–H and O–H groups in total. The van der Waals surface area contributed by atoms with E-state index in [0.29, 0.717) is 0 Å². The van der Waals surface area contributed by atoms with Crippen LogP contribution < -0.4 is 18.5 Å². The zero-order valence-corrected chi connectivity index (χ0v) is 7.62. The van der Waals surface area contributed by atoms with Gasteiger partial charge in [0.1, 0.15) is 0 Å². The summed E-state index contributed by atoms with van der Waals surface area (Å²) in [7, 11) is -10.1. The van der Waals surface area contributed by atoms with Crippen molar-refractivity contribution in [2.75, 3.05) is 0 Å². The lowest BCUT2D eigenvalue weighted by atomic mass is 14.0. The topological polar surface area (TPSA) is 258 Å². The number of hydrogen-bond acceptors (Lipinski definition) is 9. The van der Waals surface area contributed by atoms with Crippen LogP contribution in [0.15, 0.2) is 0 Å². The van der Waals surface area contributed by atoms with Crippen molar-refractivity contribution in [1.82, 2.24) is 18.5 Å². The Labute approximate surface area is 75.1 Å². The number of hydrogen-bond donors (Lipinski definition) is 3. The van der Waals surface area contributed by atoms with Gasteiger partial charge in [-0.25, -0.2) is 8.42 Å². The molecule has 0 aliphatic heterocycles. The molecule has 0 aliphatic carbocycles. The summed E-state index contributed by atoms with van der Waals surface area (Å²) in [5.74, 6) is 0. The molecular weight excluding hydrogens is 234 g/mol. The normalized spacial score (nSPS) is 8.92. The predicted molar refractivity (Wildman–Crippen MR) is 35.0 cm³/mol. The first-order valence-corrected chi connectivity index (χ1v) is 4.05. The van der Waals surface area contributed by atoms with Gasteiger partial charge < -0.3 is 26.0 Å². The van der Waals surface area contributed by atoms with Gasteiger partial charge >= 0.3 is 6.15 Å². The molecule has 2 radical (unpaired) electrons. The smallest absolute Gasteiger partial charge is 0.759 e. The maximum atomic E-state index is 8.63. The fraction of sp³-hybridized carbons (Fsp3) is 0. The standard InChI is InChI=1S/2H3N.N.2H2O4S/c;;;2*1-5(2,3)4/h2*1H3;;2*(H2,1,2,3,4)/q;;+3;;/p-3. The van der Waals surface area contributed by atoms with Gasteiger partial charge in [0.25, 0.3) is 0 Å². The third kappa shape index (κ3) is 2520. The Morgan fingerprint density at radius 2 is 0.846 bits per heavy atom. The minimum atomic E-state index is -5.17. The quantitative estimate of drug-likeness (QED) is 0.296. The van der Waals surface area contributed by atoms with Crippen LogP contribution in [0.4, 0.5) is 0 Å². The zero-order chi connectivity index (χ0) is 9.00. The van der Waals surface area contributed by atoms with Gasteiger partial charge in [-0.3, -0.25) is 13.0 Å². The molecule has 0 fully saturated rings. The fourth-order valence-corrected chi connectivity index (χ4v) is 0. The molecule has 0 aromatic rings. The van der Waals surface area contributed by atoms with Crippen molar-refractivity contribution in [2.24, 2.45) is 0 Å². The maximum absolute atomic E-state index is 8.63. The van der Waals surface area contributed by atoms with E-state index in [9.17, 15) is 0 Å². The Hall–Kier alpha value is -0.630. The van der Waals surface area contributed by atoms with E-state index in [2.05, 4.69) is 0 Å². The van der Waals surface area contributed by atoms with Crippen molar-refractivity contribution >= 4 is 20.8 Å². The average Bonchev–Trinajstić information content (AvgIpc) is 1.12. The molecule has 0 aliphatic rings. The van der Waals surface area contributed by atoms with Gasteiger partial charge in [-0.1, -0.05) is 0 Å². The second-order valence-corrected chi connectivity index (χ2v) is 2.51. The Kier molecular flexibility index (Phi) is 21.4. The van der Waals surface area contributed by atoms with Crippen LogP contribution in [0, 0.1) is 0 Å². The second-order valence-electron chi connectivity index (χ2n) is 0.836.